The van der Waals surface area contributed by atoms with Crippen LogP contribution >= 0.6 is 0 Å². The maximum atomic E-state index is 12.3. The Balaban J connectivity index is 2.82. The third-order valence-electron chi connectivity index (χ3n) is 2.31. The number of halogens is 3. The SMILES string of the molecule is CCCn1ccnc1C(CC(F)(F)F)NC. The van der Waals surface area contributed by atoms with E-state index < -0.39 is 18.6 Å². The number of imidazole rings is 1. The lowest BCUT2D eigenvalue weighted by atomic mass is 10.2. The lowest BCUT2D eigenvalue weighted by Gasteiger charge is -2.18. The van der Waals surface area contributed by atoms with E-state index in [4.69, 9.17) is 0 Å². The average Bonchev–Trinajstić information content (AvgIpc) is 2.61. The molecule has 0 fully saturated rings. The summed E-state index contributed by atoms with van der Waals surface area (Å²) >= 11 is 0. The highest BCUT2D eigenvalue weighted by atomic mass is 19.4. The topological polar surface area (TPSA) is 29.9 Å². The van der Waals surface area contributed by atoms with Gasteiger partial charge in [-0.15, -0.1) is 0 Å². The Bertz CT molecular complexity index is 319. The van der Waals surface area contributed by atoms with Gasteiger partial charge in [-0.3, -0.25) is 0 Å². The van der Waals surface area contributed by atoms with Gasteiger partial charge < -0.3 is 9.88 Å². The minimum atomic E-state index is -4.18. The second kappa shape index (κ2) is 5.34. The highest BCUT2D eigenvalue weighted by Crippen LogP contribution is 2.28. The van der Waals surface area contributed by atoms with Crippen LogP contribution in [0.2, 0.25) is 0 Å². The van der Waals surface area contributed by atoms with Gasteiger partial charge in [0.2, 0.25) is 0 Å². The molecule has 1 aromatic rings. The maximum Gasteiger partial charge on any atom is 0.391 e. The van der Waals surface area contributed by atoms with E-state index in [9.17, 15) is 13.2 Å². The molecule has 1 rings (SSSR count). The zero-order chi connectivity index (χ0) is 12.2. The molecular weight excluding hydrogens is 219 g/mol. The van der Waals surface area contributed by atoms with Gasteiger partial charge in [-0.05, 0) is 13.5 Å². The first kappa shape index (κ1) is 13.0. The second-order valence-electron chi connectivity index (χ2n) is 3.64. The van der Waals surface area contributed by atoms with Crippen LogP contribution in [-0.2, 0) is 6.54 Å². The molecule has 0 radical (unpaired) electrons. The van der Waals surface area contributed by atoms with E-state index in [1.54, 1.807) is 10.8 Å². The van der Waals surface area contributed by atoms with Crippen molar-refractivity contribution in [3.05, 3.63) is 18.2 Å². The second-order valence-corrected chi connectivity index (χ2v) is 3.64. The third kappa shape index (κ3) is 3.52. The molecule has 16 heavy (non-hydrogen) atoms. The normalized spacial score (nSPS) is 14.1. The summed E-state index contributed by atoms with van der Waals surface area (Å²) in [6, 6.07) is -0.776. The average molecular weight is 235 g/mol. The Labute approximate surface area is 92.7 Å². The third-order valence-corrected chi connectivity index (χ3v) is 2.31. The fraction of sp³-hybridized carbons (Fsp3) is 0.700. The minimum absolute atomic E-state index is 0.446. The van der Waals surface area contributed by atoms with Crippen molar-refractivity contribution in [3.8, 4) is 0 Å². The number of hydrogen-bond acceptors (Lipinski definition) is 2. The molecular formula is C10H16F3N3. The van der Waals surface area contributed by atoms with Crippen LogP contribution in [0.25, 0.3) is 0 Å². The van der Waals surface area contributed by atoms with Gasteiger partial charge in [0.15, 0.2) is 0 Å². The fourth-order valence-electron chi connectivity index (χ4n) is 1.61. The van der Waals surface area contributed by atoms with Crippen LogP contribution in [0.3, 0.4) is 0 Å². The number of alkyl halides is 3. The molecule has 6 heteroatoms. The van der Waals surface area contributed by atoms with E-state index in [-0.39, 0.29) is 0 Å². The monoisotopic (exact) mass is 235 g/mol. The lowest BCUT2D eigenvalue weighted by molar-refractivity contribution is -0.140. The fourth-order valence-corrected chi connectivity index (χ4v) is 1.61. The summed E-state index contributed by atoms with van der Waals surface area (Å²) in [6.07, 6.45) is -0.974. The van der Waals surface area contributed by atoms with Crippen LogP contribution in [0.4, 0.5) is 13.2 Å². The first-order valence-corrected chi connectivity index (χ1v) is 5.23. The predicted octanol–water partition coefficient (Wildman–Crippen LogP) is 2.51. The number of rotatable bonds is 5. The van der Waals surface area contributed by atoms with Gasteiger partial charge in [-0.2, -0.15) is 13.2 Å². The molecule has 0 saturated carbocycles. The van der Waals surface area contributed by atoms with E-state index in [1.807, 2.05) is 6.92 Å². The van der Waals surface area contributed by atoms with Gasteiger partial charge in [0.1, 0.15) is 5.82 Å². The van der Waals surface area contributed by atoms with Gasteiger partial charge in [0.05, 0.1) is 12.5 Å². The van der Waals surface area contributed by atoms with Crippen molar-refractivity contribution in [1.29, 1.82) is 0 Å². The molecule has 0 spiro atoms. The minimum Gasteiger partial charge on any atom is -0.334 e. The van der Waals surface area contributed by atoms with Crippen LogP contribution in [0, 0.1) is 0 Å². The molecule has 0 aromatic carbocycles. The molecule has 0 amide bonds. The summed E-state index contributed by atoms with van der Waals surface area (Å²) < 4.78 is 38.7. The van der Waals surface area contributed by atoms with Crippen LogP contribution in [0.5, 0.6) is 0 Å². The molecule has 1 N–H and O–H groups in total. The Hall–Kier alpha value is -1.04. The number of nitrogens with one attached hydrogen (secondary N) is 1. The van der Waals surface area contributed by atoms with E-state index in [0.29, 0.717) is 12.4 Å². The molecule has 0 aliphatic rings. The molecule has 0 aliphatic carbocycles. The summed E-state index contributed by atoms with van der Waals surface area (Å²) in [6.45, 7) is 2.66. The smallest absolute Gasteiger partial charge is 0.334 e. The molecule has 1 aromatic heterocycles. The number of aromatic nitrogens is 2. The van der Waals surface area contributed by atoms with Crippen molar-refractivity contribution in [1.82, 2.24) is 14.9 Å². The zero-order valence-electron chi connectivity index (χ0n) is 9.38. The Morgan fingerprint density at radius 1 is 1.50 bits per heavy atom. The van der Waals surface area contributed by atoms with Crippen LogP contribution in [0.15, 0.2) is 12.4 Å². The standard InChI is InChI=1S/C10H16F3N3/c1-3-5-16-6-4-15-9(16)8(14-2)7-10(11,12)13/h4,6,8,14H,3,5,7H2,1-2H3. The molecule has 1 heterocycles. The van der Waals surface area contributed by atoms with Crippen molar-refractivity contribution in [2.75, 3.05) is 7.05 Å². The summed E-state index contributed by atoms with van der Waals surface area (Å²) in [5.74, 6) is 0.446. The Kier molecular flexibility index (Phi) is 4.35. The maximum absolute atomic E-state index is 12.3. The van der Waals surface area contributed by atoms with Gasteiger partial charge in [0, 0.05) is 18.9 Å². The van der Waals surface area contributed by atoms with E-state index in [1.165, 1.54) is 13.2 Å². The molecule has 92 valence electrons. The largest absolute Gasteiger partial charge is 0.391 e. The summed E-state index contributed by atoms with van der Waals surface area (Å²) in [5, 5.41) is 2.66. The van der Waals surface area contributed by atoms with Gasteiger partial charge in [-0.25, -0.2) is 4.98 Å². The van der Waals surface area contributed by atoms with E-state index in [2.05, 4.69) is 10.3 Å². The molecule has 3 nitrogen and oxygen atoms in total. The summed E-state index contributed by atoms with van der Waals surface area (Å²) in [5.41, 5.74) is 0. The predicted molar refractivity (Wildman–Crippen MR) is 55.0 cm³/mol. The van der Waals surface area contributed by atoms with Crippen molar-refractivity contribution in [2.45, 2.75) is 38.5 Å². The summed E-state index contributed by atoms with van der Waals surface area (Å²) in [7, 11) is 1.52. The van der Waals surface area contributed by atoms with Gasteiger partial charge in [0.25, 0.3) is 0 Å². The van der Waals surface area contributed by atoms with Crippen molar-refractivity contribution in [2.24, 2.45) is 0 Å². The Morgan fingerprint density at radius 3 is 2.69 bits per heavy atom. The van der Waals surface area contributed by atoms with Crippen LogP contribution < -0.4 is 5.32 Å². The molecule has 1 unspecified atom stereocenters. The number of hydrogen-bond donors (Lipinski definition) is 1. The Morgan fingerprint density at radius 2 is 2.19 bits per heavy atom. The van der Waals surface area contributed by atoms with Crippen molar-refractivity contribution in [3.63, 3.8) is 0 Å². The number of aryl methyl sites for hydroxylation is 1. The first-order valence-electron chi connectivity index (χ1n) is 5.23. The molecule has 0 aliphatic heterocycles. The quantitative estimate of drug-likeness (QED) is 0.849. The van der Waals surface area contributed by atoms with E-state index >= 15 is 0 Å². The lowest BCUT2D eigenvalue weighted by Crippen LogP contribution is -2.26. The van der Waals surface area contributed by atoms with Gasteiger partial charge >= 0.3 is 6.18 Å². The van der Waals surface area contributed by atoms with Gasteiger partial charge in [-0.1, -0.05) is 6.92 Å². The highest BCUT2D eigenvalue weighted by molar-refractivity contribution is 5.00. The zero-order valence-corrected chi connectivity index (χ0v) is 9.38. The summed E-state index contributed by atoms with van der Waals surface area (Å²) in [4.78, 5) is 3.99. The molecule has 0 saturated heterocycles. The van der Waals surface area contributed by atoms with Crippen molar-refractivity contribution >= 4 is 0 Å². The molecule has 1 atom stereocenters. The van der Waals surface area contributed by atoms with Crippen molar-refractivity contribution < 1.29 is 13.2 Å². The van der Waals surface area contributed by atoms with Crippen LogP contribution in [0.1, 0.15) is 31.6 Å². The van der Waals surface area contributed by atoms with E-state index in [0.717, 1.165) is 6.42 Å². The highest BCUT2D eigenvalue weighted by Gasteiger charge is 2.33. The molecule has 0 bridgehead atoms. The number of nitrogens with zero attached hydrogens (tertiary/aromatic N) is 2. The van der Waals surface area contributed by atoms with Crippen LogP contribution in [-0.4, -0.2) is 22.8 Å². The first-order chi connectivity index (χ1) is 7.48.